The van der Waals surface area contributed by atoms with Crippen molar-refractivity contribution >= 4 is 38.9 Å². The monoisotopic (exact) mass is 489 g/mol. The van der Waals surface area contributed by atoms with Gasteiger partial charge in [0.2, 0.25) is 5.03 Å². The largest absolute Gasteiger partial charge is 0.497 e. The Bertz CT molecular complexity index is 1270. The molecule has 0 aliphatic carbocycles. The highest BCUT2D eigenvalue weighted by Crippen LogP contribution is 2.25. The summed E-state index contributed by atoms with van der Waals surface area (Å²) in [5.41, 5.74) is 1.41. The van der Waals surface area contributed by atoms with Crippen molar-refractivity contribution in [3.63, 3.8) is 0 Å². The first-order valence-corrected chi connectivity index (χ1v) is 12.1. The second-order valence-electron chi connectivity index (χ2n) is 7.58. The molecule has 0 bridgehead atoms. The minimum Gasteiger partial charge on any atom is -0.497 e. The second-order valence-corrected chi connectivity index (χ2v) is 9.87. The average Bonchev–Trinajstić information content (AvgIpc) is 3.22. The number of carbonyl (C=O) groups excluding carboxylic acids is 1. The van der Waals surface area contributed by atoms with Gasteiger partial charge >= 0.3 is 0 Å². The fourth-order valence-corrected chi connectivity index (χ4v) is 5.42. The predicted octanol–water partition coefficient (Wildman–Crippen LogP) is 2.85. The third-order valence-corrected chi connectivity index (χ3v) is 7.43. The Morgan fingerprint density at radius 3 is 2.52 bits per heavy atom. The summed E-state index contributed by atoms with van der Waals surface area (Å²) in [6, 6.07) is 14.3. The molecule has 0 unspecified atom stereocenters. The van der Waals surface area contributed by atoms with Crippen molar-refractivity contribution in [1.29, 1.82) is 0 Å². The normalized spacial score (nSPS) is 14.8. The number of methoxy groups -OCH3 is 1. The number of sulfonamides is 1. The molecule has 1 aromatic heterocycles. The Kier molecular flexibility index (Phi) is 6.59. The lowest BCUT2D eigenvalue weighted by Gasteiger charge is -2.35. The summed E-state index contributed by atoms with van der Waals surface area (Å²) in [6.07, 6.45) is 1.41. The van der Waals surface area contributed by atoms with E-state index in [9.17, 15) is 13.2 Å². The van der Waals surface area contributed by atoms with Crippen molar-refractivity contribution in [1.82, 2.24) is 14.1 Å². The van der Waals surface area contributed by atoms with Gasteiger partial charge in [0, 0.05) is 61.9 Å². The van der Waals surface area contributed by atoms with E-state index < -0.39 is 15.9 Å². The fourth-order valence-electron chi connectivity index (χ4n) is 3.70. The molecule has 3 aromatic rings. The van der Waals surface area contributed by atoms with Gasteiger partial charge < -0.3 is 15.0 Å². The quantitative estimate of drug-likeness (QED) is 0.572. The van der Waals surface area contributed by atoms with Crippen LogP contribution in [0.2, 0.25) is 5.02 Å². The number of hydrogen-bond acceptors (Lipinski definition) is 6. The topological polar surface area (TPSA) is 96.8 Å². The Labute approximate surface area is 197 Å². The van der Waals surface area contributed by atoms with Crippen LogP contribution in [0.3, 0.4) is 0 Å². The number of aryl methyl sites for hydroxylation is 1. The third-order valence-electron chi connectivity index (χ3n) is 5.36. The number of halogens is 1. The number of nitrogens with zero attached hydrogens (tertiary/aromatic N) is 4. The Morgan fingerprint density at radius 2 is 1.82 bits per heavy atom. The summed E-state index contributed by atoms with van der Waals surface area (Å²) in [5, 5.41) is 7.20. The van der Waals surface area contributed by atoms with Gasteiger partial charge in [-0.1, -0.05) is 23.7 Å². The summed E-state index contributed by atoms with van der Waals surface area (Å²) in [7, 11) is -0.864. The van der Waals surface area contributed by atoms with Crippen molar-refractivity contribution in [2.45, 2.75) is 5.03 Å². The van der Waals surface area contributed by atoms with E-state index in [0.717, 1.165) is 5.69 Å². The molecule has 2 heterocycles. The number of aromatic nitrogens is 2. The van der Waals surface area contributed by atoms with Gasteiger partial charge in [-0.15, -0.1) is 0 Å². The van der Waals surface area contributed by atoms with E-state index in [0.29, 0.717) is 29.5 Å². The van der Waals surface area contributed by atoms with E-state index in [-0.39, 0.29) is 23.7 Å². The number of rotatable bonds is 6. The van der Waals surface area contributed by atoms with E-state index in [2.05, 4.69) is 15.3 Å². The minimum absolute atomic E-state index is 0.0161. The van der Waals surface area contributed by atoms with Crippen LogP contribution in [0, 0.1) is 0 Å². The molecule has 1 saturated heterocycles. The van der Waals surface area contributed by atoms with Crippen molar-refractivity contribution < 1.29 is 17.9 Å². The van der Waals surface area contributed by atoms with Crippen LogP contribution in [0.25, 0.3) is 0 Å². The van der Waals surface area contributed by atoms with Crippen LogP contribution < -0.4 is 15.0 Å². The molecule has 1 aliphatic rings. The second kappa shape index (κ2) is 9.42. The van der Waals surface area contributed by atoms with Gasteiger partial charge in [-0.25, -0.2) is 8.42 Å². The molecule has 1 aliphatic heterocycles. The zero-order valence-electron chi connectivity index (χ0n) is 18.2. The van der Waals surface area contributed by atoms with Crippen LogP contribution in [0.4, 0.5) is 11.4 Å². The highest BCUT2D eigenvalue weighted by Gasteiger charge is 2.34. The van der Waals surface area contributed by atoms with Gasteiger partial charge in [0.25, 0.3) is 15.9 Å². The molecule has 1 N–H and O–H groups in total. The molecule has 2 aromatic carbocycles. The fraction of sp³-hybridized carbons (Fsp3) is 0.273. The molecule has 9 nitrogen and oxygen atoms in total. The van der Waals surface area contributed by atoms with Crippen LogP contribution in [0.15, 0.2) is 59.8 Å². The van der Waals surface area contributed by atoms with Crippen molar-refractivity contribution in [2.75, 3.05) is 43.5 Å². The first-order chi connectivity index (χ1) is 15.8. The molecule has 0 spiro atoms. The predicted molar refractivity (Wildman–Crippen MR) is 127 cm³/mol. The number of piperazine rings is 1. The van der Waals surface area contributed by atoms with E-state index in [1.807, 2.05) is 18.2 Å². The smallest absolute Gasteiger partial charge is 0.263 e. The molecule has 11 heteroatoms. The average molecular weight is 490 g/mol. The number of carbonyl (C=O) groups is 1. The minimum atomic E-state index is -3.97. The maximum Gasteiger partial charge on any atom is 0.263 e. The van der Waals surface area contributed by atoms with Gasteiger partial charge in [-0.05, 0) is 30.3 Å². The molecule has 174 valence electrons. The summed E-state index contributed by atoms with van der Waals surface area (Å²) in [5.74, 6) is 0.0110. The number of amides is 1. The summed E-state index contributed by atoms with van der Waals surface area (Å²) in [6.45, 7) is 1.53. The van der Waals surface area contributed by atoms with Crippen LogP contribution in [-0.4, -0.2) is 61.7 Å². The first-order valence-electron chi connectivity index (χ1n) is 10.3. The van der Waals surface area contributed by atoms with Crippen molar-refractivity contribution in [2.24, 2.45) is 7.05 Å². The van der Waals surface area contributed by atoms with Crippen LogP contribution >= 0.6 is 11.6 Å². The number of nitrogens with one attached hydrogen (secondary N) is 1. The zero-order valence-corrected chi connectivity index (χ0v) is 19.8. The highest BCUT2D eigenvalue weighted by atomic mass is 35.5. The summed E-state index contributed by atoms with van der Waals surface area (Å²) < 4.78 is 34.6. The van der Waals surface area contributed by atoms with Gasteiger partial charge in [0.05, 0.1) is 12.7 Å². The molecular weight excluding hydrogens is 466 g/mol. The van der Waals surface area contributed by atoms with Gasteiger partial charge in [-0.3, -0.25) is 9.48 Å². The lowest BCUT2D eigenvalue weighted by atomic mass is 10.2. The number of hydrogen-bond donors (Lipinski definition) is 1. The molecule has 1 fully saturated rings. The van der Waals surface area contributed by atoms with E-state index in [4.69, 9.17) is 16.3 Å². The maximum absolute atomic E-state index is 13.4. The van der Waals surface area contributed by atoms with Gasteiger partial charge in [0.15, 0.2) is 0 Å². The molecule has 33 heavy (non-hydrogen) atoms. The zero-order chi connectivity index (χ0) is 23.6. The van der Waals surface area contributed by atoms with Crippen LogP contribution in [-0.2, 0) is 17.1 Å². The number of ether oxygens (including phenoxy) is 1. The first kappa shape index (κ1) is 23.1. The molecule has 0 atom stereocenters. The lowest BCUT2D eigenvalue weighted by Crippen LogP contribution is -2.49. The van der Waals surface area contributed by atoms with Crippen LogP contribution in [0.1, 0.15) is 10.4 Å². The van der Waals surface area contributed by atoms with E-state index in [1.54, 1.807) is 37.4 Å². The van der Waals surface area contributed by atoms with E-state index >= 15 is 0 Å². The van der Waals surface area contributed by atoms with Crippen molar-refractivity contribution in [3.8, 4) is 5.75 Å². The van der Waals surface area contributed by atoms with E-state index in [1.165, 1.54) is 22.3 Å². The molecule has 0 radical (unpaired) electrons. The SMILES string of the molecule is COc1cccc(NC(=O)c2cn(C)nc2S(=O)(=O)N2CCN(c3cccc(Cl)c3)CC2)c1. The van der Waals surface area contributed by atoms with Crippen LogP contribution in [0.5, 0.6) is 5.75 Å². The lowest BCUT2D eigenvalue weighted by molar-refractivity contribution is 0.102. The van der Waals surface area contributed by atoms with Gasteiger partial charge in [0.1, 0.15) is 5.75 Å². The number of anilines is 2. The summed E-state index contributed by atoms with van der Waals surface area (Å²) in [4.78, 5) is 15.0. The molecule has 1 amide bonds. The third kappa shape index (κ3) is 4.97. The maximum atomic E-state index is 13.4. The Hall–Kier alpha value is -3.08. The highest BCUT2D eigenvalue weighted by molar-refractivity contribution is 7.89. The Morgan fingerprint density at radius 1 is 1.09 bits per heavy atom. The molecular formula is C22H24ClN5O4S. The Balaban J connectivity index is 1.52. The van der Waals surface area contributed by atoms with Crippen molar-refractivity contribution in [3.05, 3.63) is 65.3 Å². The summed E-state index contributed by atoms with van der Waals surface area (Å²) >= 11 is 6.08. The molecule has 0 saturated carbocycles. The van der Waals surface area contributed by atoms with Gasteiger partial charge in [-0.2, -0.15) is 9.40 Å². The standard InChI is InChI=1S/C22H24ClN5O4S/c1-26-15-20(21(29)24-17-6-4-8-19(14-17)32-2)22(25-26)33(30,31)28-11-9-27(10-12-28)18-7-3-5-16(23)13-18/h3-8,13-15H,9-12H2,1-2H3,(H,24,29). The number of benzene rings is 2. The molecule has 4 rings (SSSR count).